The van der Waals surface area contributed by atoms with E-state index >= 15 is 0 Å². The number of aldehydes is 1. The van der Waals surface area contributed by atoms with Crippen LogP contribution in [0, 0.1) is 0 Å². The fourth-order valence-electron chi connectivity index (χ4n) is 2.49. The molecule has 0 aromatic carbocycles. The van der Waals surface area contributed by atoms with E-state index in [1.807, 2.05) is 0 Å². The van der Waals surface area contributed by atoms with Gasteiger partial charge in [-0.15, -0.1) is 0 Å². The molecule has 0 saturated carbocycles. The summed E-state index contributed by atoms with van der Waals surface area (Å²) in [4.78, 5) is 15.2. The molecule has 1 unspecified atom stereocenters. The third-order valence-corrected chi connectivity index (χ3v) is 3.24. The summed E-state index contributed by atoms with van der Waals surface area (Å²) in [6, 6.07) is 0.738. The maximum Gasteiger partial charge on any atom is 0.133 e. The average molecular weight is 182 g/mol. The van der Waals surface area contributed by atoms with Crippen molar-refractivity contribution in [2.24, 2.45) is 0 Å². The van der Waals surface area contributed by atoms with Crippen LogP contribution in [0.4, 0.5) is 0 Å². The van der Waals surface area contributed by atoms with Gasteiger partial charge in [-0.25, -0.2) is 0 Å². The van der Waals surface area contributed by atoms with Crippen LogP contribution in [-0.2, 0) is 4.79 Å². The van der Waals surface area contributed by atoms with Gasteiger partial charge in [0.2, 0.25) is 0 Å². The molecule has 0 radical (unpaired) electrons. The molecule has 0 aromatic heterocycles. The van der Waals surface area contributed by atoms with E-state index < -0.39 is 0 Å². The van der Waals surface area contributed by atoms with Crippen molar-refractivity contribution in [2.45, 2.75) is 25.3 Å². The van der Waals surface area contributed by atoms with E-state index in [0.29, 0.717) is 6.54 Å². The highest BCUT2D eigenvalue weighted by Gasteiger charge is 2.28. The third-order valence-electron chi connectivity index (χ3n) is 3.24. The van der Waals surface area contributed by atoms with Crippen LogP contribution in [0.5, 0.6) is 0 Å². The molecule has 2 saturated heterocycles. The smallest absolute Gasteiger partial charge is 0.133 e. The van der Waals surface area contributed by atoms with Crippen LogP contribution in [-0.4, -0.2) is 54.9 Å². The molecule has 0 N–H and O–H groups in total. The van der Waals surface area contributed by atoms with Gasteiger partial charge in [0.15, 0.2) is 0 Å². The molecular weight excluding hydrogens is 164 g/mol. The monoisotopic (exact) mass is 182 g/mol. The zero-order chi connectivity index (χ0) is 9.10. The molecule has 0 amide bonds. The highest BCUT2D eigenvalue weighted by atomic mass is 16.1. The summed E-state index contributed by atoms with van der Waals surface area (Å²) < 4.78 is 0. The molecule has 2 aliphatic rings. The van der Waals surface area contributed by atoms with Gasteiger partial charge in [0.25, 0.3) is 0 Å². The van der Waals surface area contributed by atoms with Gasteiger partial charge in [0, 0.05) is 19.1 Å². The summed E-state index contributed by atoms with van der Waals surface area (Å²) in [6.45, 7) is 5.40. The fraction of sp³-hybridized carbons (Fsp3) is 0.900. The normalized spacial score (nSPS) is 31.2. The van der Waals surface area contributed by atoms with Crippen molar-refractivity contribution in [3.05, 3.63) is 0 Å². The molecule has 2 heterocycles. The second kappa shape index (κ2) is 4.20. The highest BCUT2D eigenvalue weighted by molar-refractivity contribution is 5.52. The maximum atomic E-state index is 10.3. The molecule has 74 valence electrons. The molecule has 13 heavy (non-hydrogen) atoms. The van der Waals surface area contributed by atoms with E-state index in [4.69, 9.17) is 0 Å². The lowest BCUT2D eigenvalue weighted by Crippen LogP contribution is -2.35. The number of nitrogens with zero attached hydrogens (tertiary/aromatic N) is 2. The Bertz CT molecular complexity index is 178. The van der Waals surface area contributed by atoms with Gasteiger partial charge in [-0.05, 0) is 32.4 Å². The van der Waals surface area contributed by atoms with E-state index in [0.717, 1.165) is 25.4 Å². The summed E-state index contributed by atoms with van der Waals surface area (Å²) in [6.07, 6.45) is 5.01. The van der Waals surface area contributed by atoms with E-state index in [1.54, 1.807) is 0 Å². The Kier molecular flexibility index (Phi) is 2.96. The summed E-state index contributed by atoms with van der Waals surface area (Å²) in [5.74, 6) is 0. The number of rotatable bonds is 3. The van der Waals surface area contributed by atoms with Crippen molar-refractivity contribution in [3.63, 3.8) is 0 Å². The Hall–Kier alpha value is -0.410. The molecule has 2 aliphatic heterocycles. The first-order valence-electron chi connectivity index (χ1n) is 5.30. The first-order valence-corrected chi connectivity index (χ1v) is 5.30. The van der Waals surface area contributed by atoms with Crippen LogP contribution in [0.1, 0.15) is 19.3 Å². The fourth-order valence-corrected chi connectivity index (χ4v) is 2.49. The molecule has 0 spiro atoms. The van der Waals surface area contributed by atoms with Gasteiger partial charge >= 0.3 is 0 Å². The van der Waals surface area contributed by atoms with Crippen LogP contribution in [0.3, 0.4) is 0 Å². The van der Waals surface area contributed by atoms with Crippen LogP contribution in [0.25, 0.3) is 0 Å². The maximum absolute atomic E-state index is 10.3. The molecule has 1 atom stereocenters. The van der Waals surface area contributed by atoms with Crippen molar-refractivity contribution in [3.8, 4) is 0 Å². The van der Waals surface area contributed by atoms with Gasteiger partial charge in [-0.3, -0.25) is 9.80 Å². The second-order valence-corrected chi connectivity index (χ2v) is 4.11. The van der Waals surface area contributed by atoms with Gasteiger partial charge in [-0.2, -0.15) is 0 Å². The van der Waals surface area contributed by atoms with Crippen molar-refractivity contribution in [1.82, 2.24) is 9.80 Å². The lowest BCUT2D eigenvalue weighted by molar-refractivity contribution is -0.108. The molecule has 2 rings (SSSR count). The van der Waals surface area contributed by atoms with E-state index in [9.17, 15) is 4.79 Å². The zero-order valence-electron chi connectivity index (χ0n) is 8.11. The predicted octanol–water partition coefficient (Wildman–Crippen LogP) is 0.355. The number of hydrogen-bond donors (Lipinski definition) is 0. The number of hydrogen-bond acceptors (Lipinski definition) is 3. The molecule has 0 bridgehead atoms. The zero-order valence-corrected chi connectivity index (χ0v) is 8.11. The lowest BCUT2D eigenvalue weighted by atomic mass is 10.2. The molecule has 0 aliphatic carbocycles. The van der Waals surface area contributed by atoms with Gasteiger partial charge < -0.3 is 4.79 Å². The average Bonchev–Trinajstić information content (AvgIpc) is 2.70. The SMILES string of the molecule is O=CCN1CCC(N2CCCC2)C1. The Balaban J connectivity index is 1.79. The minimum absolute atomic E-state index is 0.629. The summed E-state index contributed by atoms with van der Waals surface area (Å²) >= 11 is 0. The largest absolute Gasteiger partial charge is 0.302 e. The summed E-state index contributed by atoms with van der Waals surface area (Å²) in [7, 11) is 0. The number of carbonyl (C=O) groups excluding carboxylic acids is 1. The third kappa shape index (κ3) is 2.09. The molecule has 3 heteroatoms. The van der Waals surface area contributed by atoms with Crippen LogP contribution in [0.15, 0.2) is 0 Å². The minimum Gasteiger partial charge on any atom is -0.302 e. The van der Waals surface area contributed by atoms with Crippen LogP contribution >= 0.6 is 0 Å². The Labute approximate surface area is 79.7 Å². The van der Waals surface area contributed by atoms with E-state index in [1.165, 1.54) is 32.4 Å². The predicted molar refractivity (Wildman–Crippen MR) is 51.7 cm³/mol. The molecular formula is C10H18N2O. The Morgan fingerprint density at radius 2 is 2.00 bits per heavy atom. The van der Waals surface area contributed by atoms with Crippen molar-refractivity contribution in [1.29, 1.82) is 0 Å². The molecule has 0 aromatic rings. The standard InChI is InChI=1S/C10H18N2O/c13-8-7-11-6-3-10(9-11)12-4-1-2-5-12/h8,10H,1-7,9H2. The van der Waals surface area contributed by atoms with Crippen molar-refractivity contribution < 1.29 is 4.79 Å². The van der Waals surface area contributed by atoms with Gasteiger partial charge in [0.05, 0.1) is 6.54 Å². The molecule has 2 fully saturated rings. The quantitative estimate of drug-likeness (QED) is 0.589. The Morgan fingerprint density at radius 1 is 1.23 bits per heavy atom. The van der Waals surface area contributed by atoms with Crippen molar-refractivity contribution in [2.75, 3.05) is 32.7 Å². The highest BCUT2D eigenvalue weighted by Crippen LogP contribution is 2.19. The van der Waals surface area contributed by atoms with Crippen molar-refractivity contribution >= 4 is 6.29 Å². The first kappa shape index (κ1) is 9.16. The summed E-state index contributed by atoms with van der Waals surface area (Å²) in [5.41, 5.74) is 0. The number of likely N-dealkylation sites (tertiary alicyclic amines) is 2. The van der Waals surface area contributed by atoms with E-state index in [-0.39, 0.29) is 0 Å². The van der Waals surface area contributed by atoms with Gasteiger partial charge in [-0.1, -0.05) is 0 Å². The van der Waals surface area contributed by atoms with Crippen LogP contribution < -0.4 is 0 Å². The second-order valence-electron chi connectivity index (χ2n) is 4.11. The minimum atomic E-state index is 0.629. The lowest BCUT2D eigenvalue weighted by Gasteiger charge is -2.23. The first-order chi connectivity index (χ1) is 6.40. The van der Waals surface area contributed by atoms with Crippen LogP contribution in [0.2, 0.25) is 0 Å². The Morgan fingerprint density at radius 3 is 2.69 bits per heavy atom. The molecule has 3 nitrogen and oxygen atoms in total. The summed E-state index contributed by atoms with van der Waals surface area (Å²) in [5, 5.41) is 0. The topological polar surface area (TPSA) is 23.6 Å². The number of carbonyl (C=O) groups is 1. The van der Waals surface area contributed by atoms with Gasteiger partial charge in [0.1, 0.15) is 6.29 Å². The van der Waals surface area contributed by atoms with E-state index in [2.05, 4.69) is 9.80 Å².